The van der Waals surface area contributed by atoms with Crippen molar-refractivity contribution in [2.75, 3.05) is 14.2 Å². The van der Waals surface area contributed by atoms with E-state index < -0.39 is 0 Å². The van der Waals surface area contributed by atoms with Crippen molar-refractivity contribution in [3.8, 4) is 23.0 Å². The van der Waals surface area contributed by atoms with Crippen LogP contribution in [-0.4, -0.2) is 30.2 Å². The van der Waals surface area contributed by atoms with Crippen molar-refractivity contribution < 1.29 is 24.5 Å². The number of carbonyl (C=O) groups excluding carboxylic acids is 1. The van der Waals surface area contributed by atoms with Gasteiger partial charge in [0.05, 0.1) is 14.2 Å². The lowest BCUT2D eigenvalue weighted by Gasteiger charge is -2.12. The molecule has 0 heterocycles. The molecule has 0 aliphatic carbocycles. The van der Waals surface area contributed by atoms with Gasteiger partial charge in [-0.2, -0.15) is 0 Å². The molecule has 0 aliphatic heterocycles. The van der Waals surface area contributed by atoms with Crippen molar-refractivity contribution >= 4 is 11.4 Å². The first-order valence-corrected chi connectivity index (χ1v) is 7.13. The summed E-state index contributed by atoms with van der Waals surface area (Å²) >= 11 is 0. The van der Waals surface area contributed by atoms with Gasteiger partial charge < -0.3 is 19.7 Å². The van der Waals surface area contributed by atoms with Gasteiger partial charge >= 0.3 is 0 Å². The van der Waals surface area contributed by atoms with Crippen molar-refractivity contribution in [3.63, 3.8) is 0 Å². The summed E-state index contributed by atoms with van der Waals surface area (Å²) in [5.41, 5.74) is 1.90. The van der Waals surface area contributed by atoms with Gasteiger partial charge in [-0.3, -0.25) is 4.79 Å². The monoisotopic (exact) mass is 326 g/mol. The Hall–Kier alpha value is -3.21. The minimum absolute atomic E-state index is 0.000987. The quantitative estimate of drug-likeness (QED) is 0.797. The fourth-order valence-electron chi connectivity index (χ4n) is 2.22. The molecular formula is C19H18O5. The second kappa shape index (κ2) is 7.37. The van der Waals surface area contributed by atoms with E-state index in [1.54, 1.807) is 24.3 Å². The molecule has 0 atom stereocenters. The third kappa shape index (κ3) is 3.57. The average Bonchev–Trinajstić information content (AvgIpc) is 2.60. The van der Waals surface area contributed by atoms with E-state index in [-0.39, 0.29) is 28.8 Å². The molecular weight excluding hydrogens is 308 g/mol. The number of benzene rings is 2. The standard InChI is InChI=1S/C19H18O5/c1-4-14(20)11-15(12-5-7-16(21)18(9-12)23-2)13-6-8-17(22)19(10-13)24-3/h4-11,21-22H,1H2,2-3H3. The molecule has 2 aromatic rings. The zero-order valence-corrected chi connectivity index (χ0v) is 13.4. The molecule has 2 N–H and O–H groups in total. The summed E-state index contributed by atoms with van der Waals surface area (Å²) in [5.74, 6) is 0.298. The highest BCUT2D eigenvalue weighted by molar-refractivity contribution is 6.06. The number of phenolic OH excluding ortho intramolecular Hbond substituents is 2. The highest BCUT2D eigenvalue weighted by Gasteiger charge is 2.13. The summed E-state index contributed by atoms with van der Waals surface area (Å²) in [4.78, 5) is 11.9. The van der Waals surface area contributed by atoms with Crippen LogP contribution in [0.5, 0.6) is 23.0 Å². The third-order valence-electron chi connectivity index (χ3n) is 3.47. The van der Waals surface area contributed by atoms with Gasteiger partial charge in [-0.05, 0) is 53.1 Å². The van der Waals surface area contributed by atoms with Crippen LogP contribution in [-0.2, 0) is 4.79 Å². The number of methoxy groups -OCH3 is 2. The predicted molar refractivity (Wildman–Crippen MR) is 91.6 cm³/mol. The Kier molecular flexibility index (Phi) is 5.27. The van der Waals surface area contributed by atoms with E-state index in [2.05, 4.69) is 6.58 Å². The molecule has 0 unspecified atom stereocenters. The van der Waals surface area contributed by atoms with Crippen molar-refractivity contribution in [2.45, 2.75) is 0 Å². The number of carbonyl (C=O) groups is 1. The van der Waals surface area contributed by atoms with E-state index in [4.69, 9.17) is 9.47 Å². The zero-order valence-electron chi connectivity index (χ0n) is 13.4. The summed E-state index contributed by atoms with van der Waals surface area (Å²) in [6.07, 6.45) is 2.62. The lowest BCUT2D eigenvalue weighted by Crippen LogP contribution is -1.95. The van der Waals surface area contributed by atoms with Crippen molar-refractivity contribution in [3.05, 3.63) is 66.3 Å². The van der Waals surface area contributed by atoms with E-state index in [0.29, 0.717) is 16.7 Å². The molecule has 2 rings (SSSR count). The Morgan fingerprint density at radius 1 is 0.958 bits per heavy atom. The second-order valence-corrected chi connectivity index (χ2v) is 4.94. The van der Waals surface area contributed by atoms with Crippen LogP contribution in [0.1, 0.15) is 11.1 Å². The largest absolute Gasteiger partial charge is 0.504 e. The molecule has 0 saturated carbocycles. The lowest BCUT2D eigenvalue weighted by molar-refractivity contribution is -0.110. The molecule has 2 aromatic carbocycles. The number of allylic oxidation sites excluding steroid dienone is 2. The number of ether oxygens (including phenoxy) is 2. The van der Waals surface area contributed by atoms with Crippen LogP contribution in [0.3, 0.4) is 0 Å². The second-order valence-electron chi connectivity index (χ2n) is 4.94. The Morgan fingerprint density at radius 3 is 1.79 bits per heavy atom. The van der Waals surface area contributed by atoms with Crippen molar-refractivity contribution in [2.24, 2.45) is 0 Å². The van der Waals surface area contributed by atoms with E-state index in [1.165, 1.54) is 38.5 Å². The summed E-state index contributed by atoms with van der Waals surface area (Å²) in [7, 11) is 2.89. The number of phenols is 2. The third-order valence-corrected chi connectivity index (χ3v) is 3.47. The van der Waals surface area contributed by atoms with Gasteiger partial charge in [-0.25, -0.2) is 0 Å². The summed E-state index contributed by atoms with van der Waals surface area (Å²) < 4.78 is 10.2. The molecule has 124 valence electrons. The summed E-state index contributed by atoms with van der Waals surface area (Å²) in [5, 5.41) is 19.5. The Balaban J connectivity index is 2.64. The maximum atomic E-state index is 11.9. The van der Waals surface area contributed by atoms with Crippen LogP contribution in [0.4, 0.5) is 0 Å². The van der Waals surface area contributed by atoms with Gasteiger partial charge in [0.15, 0.2) is 28.8 Å². The maximum Gasteiger partial charge on any atom is 0.178 e. The minimum atomic E-state index is -0.274. The topological polar surface area (TPSA) is 76.0 Å². The number of ketones is 1. The molecule has 0 bridgehead atoms. The summed E-state index contributed by atoms with van der Waals surface area (Å²) in [6, 6.07) is 9.54. The van der Waals surface area contributed by atoms with Crippen LogP contribution in [0.15, 0.2) is 55.1 Å². The molecule has 0 aliphatic rings. The molecule has 0 fully saturated rings. The van der Waals surface area contributed by atoms with E-state index in [9.17, 15) is 15.0 Å². The van der Waals surface area contributed by atoms with E-state index in [0.717, 1.165) is 0 Å². The summed E-state index contributed by atoms with van der Waals surface area (Å²) in [6.45, 7) is 3.47. The number of aromatic hydroxyl groups is 2. The average molecular weight is 326 g/mol. The Morgan fingerprint density at radius 2 is 1.42 bits per heavy atom. The first kappa shape index (κ1) is 17.1. The molecule has 0 spiro atoms. The normalized spacial score (nSPS) is 9.92. The Bertz CT molecular complexity index is 750. The van der Waals surface area contributed by atoms with Crippen LogP contribution in [0.25, 0.3) is 5.57 Å². The van der Waals surface area contributed by atoms with Gasteiger partial charge in [0.2, 0.25) is 0 Å². The van der Waals surface area contributed by atoms with Gasteiger partial charge in [0.1, 0.15) is 0 Å². The van der Waals surface area contributed by atoms with E-state index in [1.807, 2.05) is 0 Å². The number of rotatable bonds is 6. The molecule has 24 heavy (non-hydrogen) atoms. The van der Waals surface area contributed by atoms with Gasteiger partial charge in [-0.15, -0.1) is 0 Å². The van der Waals surface area contributed by atoms with E-state index >= 15 is 0 Å². The minimum Gasteiger partial charge on any atom is -0.504 e. The number of hydrogen-bond acceptors (Lipinski definition) is 5. The molecule has 5 heteroatoms. The Labute approximate surface area is 140 Å². The molecule has 0 saturated heterocycles. The van der Waals surface area contributed by atoms with Gasteiger partial charge in [0.25, 0.3) is 0 Å². The van der Waals surface area contributed by atoms with Gasteiger partial charge in [0, 0.05) is 0 Å². The predicted octanol–water partition coefficient (Wildman–Crippen LogP) is 3.30. The van der Waals surface area contributed by atoms with Crippen LogP contribution < -0.4 is 9.47 Å². The van der Waals surface area contributed by atoms with Crippen LogP contribution in [0, 0.1) is 0 Å². The SMILES string of the molecule is C=CC(=O)C=C(c1ccc(O)c(OC)c1)c1ccc(O)c(OC)c1. The fraction of sp³-hybridized carbons (Fsp3) is 0.105. The smallest absolute Gasteiger partial charge is 0.178 e. The maximum absolute atomic E-state index is 11.9. The highest BCUT2D eigenvalue weighted by Crippen LogP contribution is 2.35. The zero-order chi connectivity index (χ0) is 17.7. The van der Waals surface area contributed by atoms with Crippen LogP contribution >= 0.6 is 0 Å². The molecule has 5 nitrogen and oxygen atoms in total. The first-order chi connectivity index (χ1) is 11.5. The molecule has 0 amide bonds. The first-order valence-electron chi connectivity index (χ1n) is 7.13. The number of hydrogen-bond donors (Lipinski definition) is 2. The highest BCUT2D eigenvalue weighted by atomic mass is 16.5. The molecule has 0 radical (unpaired) electrons. The fourth-order valence-corrected chi connectivity index (χ4v) is 2.22. The van der Waals surface area contributed by atoms with Gasteiger partial charge in [-0.1, -0.05) is 18.7 Å². The van der Waals surface area contributed by atoms with Crippen molar-refractivity contribution in [1.29, 1.82) is 0 Å². The lowest BCUT2D eigenvalue weighted by atomic mass is 9.95. The molecule has 0 aromatic heterocycles. The van der Waals surface area contributed by atoms with Crippen LogP contribution in [0.2, 0.25) is 0 Å². The van der Waals surface area contributed by atoms with Crippen molar-refractivity contribution in [1.82, 2.24) is 0 Å².